The molecule has 23 heavy (non-hydrogen) atoms. The van der Waals surface area contributed by atoms with Gasteiger partial charge in [0, 0.05) is 24.8 Å². The van der Waals surface area contributed by atoms with Gasteiger partial charge in [-0.05, 0) is 37.1 Å². The minimum Gasteiger partial charge on any atom is -0.338 e. The highest BCUT2D eigenvalue weighted by Crippen LogP contribution is 2.14. The van der Waals surface area contributed by atoms with E-state index >= 15 is 0 Å². The van der Waals surface area contributed by atoms with Crippen LogP contribution in [0.4, 0.5) is 16.2 Å². The number of anilines is 2. The van der Waals surface area contributed by atoms with Crippen LogP contribution in [0.15, 0.2) is 48.5 Å². The fourth-order valence-electron chi connectivity index (χ4n) is 2.13. The van der Waals surface area contributed by atoms with Crippen LogP contribution >= 0.6 is 0 Å². The first-order chi connectivity index (χ1) is 11.0. The lowest BCUT2D eigenvalue weighted by atomic mass is 10.1. The standard InChI is InChI=1S/C18H21N3O2/c1-13-6-8-15(9-7-13)10-11-19-18(23)21-17-5-3-4-16(12-17)20-14(2)22/h3-9,12H,10-11H2,1-2H3,(H,20,22)(H2,19,21,23). The Balaban J connectivity index is 1.80. The van der Waals surface area contributed by atoms with Gasteiger partial charge in [0.2, 0.25) is 5.91 Å². The third-order valence-electron chi connectivity index (χ3n) is 3.26. The van der Waals surface area contributed by atoms with E-state index in [2.05, 4.69) is 40.2 Å². The zero-order valence-corrected chi connectivity index (χ0v) is 13.3. The van der Waals surface area contributed by atoms with E-state index in [4.69, 9.17) is 0 Å². The van der Waals surface area contributed by atoms with Gasteiger partial charge in [-0.15, -0.1) is 0 Å². The summed E-state index contributed by atoms with van der Waals surface area (Å²) < 4.78 is 0. The molecule has 3 amide bonds. The van der Waals surface area contributed by atoms with Crippen LogP contribution < -0.4 is 16.0 Å². The van der Waals surface area contributed by atoms with E-state index in [1.165, 1.54) is 18.1 Å². The van der Waals surface area contributed by atoms with E-state index in [-0.39, 0.29) is 11.9 Å². The van der Waals surface area contributed by atoms with Crippen LogP contribution in [0, 0.1) is 6.92 Å². The number of rotatable bonds is 5. The van der Waals surface area contributed by atoms with Crippen LogP contribution in [0.2, 0.25) is 0 Å². The highest BCUT2D eigenvalue weighted by atomic mass is 16.2. The molecule has 2 aromatic rings. The van der Waals surface area contributed by atoms with Crippen molar-refractivity contribution in [3.63, 3.8) is 0 Å². The maximum absolute atomic E-state index is 11.9. The van der Waals surface area contributed by atoms with Gasteiger partial charge in [-0.3, -0.25) is 4.79 Å². The van der Waals surface area contributed by atoms with Crippen molar-refractivity contribution in [1.82, 2.24) is 5.32 Å². The first-order valence-electron chi connectivity index (χ1n) is 7.51. The molecule has 0 atom stereocenters. The van der Waals surface area contributed by atoms with Crippen molar-refractivity contribution < 1.29 is 9.59 Å². The van der Waals surface area contributed by atoms with E-state index in [1.807, 2.05) is 6.92 Å². The molecule has 0 radical (unpaired) electrons. The second-order valence-corrected chi connectivity index (χ2v) is 5.38. The van der Waals surface area contributed by atoms with Gasteiger partial charge in [0.25, 0.3) is 0 Å². The Bertz CT molecular complexity index is 681. The van der Waals surface area contributed by atoms with Crippen molar-refractivity contribution in [3.05, 3.63) is 59.7 Å². The Morgan fingerprint density at radius 3 is 2.26 bits per heavy atom. The highest BCUT2D eigenvalue weighted by molar-refractivity contribution is 5.92. The van der Waals surface area contributed by atoms with Gasteiger partial charge in [0.05, 0.1) is 0 Å². The van der Waals surface area contributed by atoms with Crippen LogP contribution in [0.3, 0.4) is 0 Å². The van der Waals surface area contributed by atoms with E-state index in [0.29, 0.717) is 17.9 Å². The number of aryl methyl sites for hydroxylation is 1. The van der Waals surface area contributed by atoms with Gasteiger partial charge >= 0.3 is 6.03 Å². The van der Waals surface area contributed by atoms with Crippen LogP contribution in [-0.4, -0.2) is 18.5 Å². The molecule has 5 nitrogen and oxygen atoms in total. The molecule has 0 aliphatic heterocycles. The summed E-state index contributed by atoms with van der Waals surface area (Å²) in [7, 11) is 0. The number of nitrogens with one attached hydrogen (secondary N) is 3. The summed E-state index contributed by atoms with van der Waals surface area (Å²) in [4.78, 5) is 22.9. The predicted octanol–water partition coefficient (Wildman–Crippen LogP) is 3.32. The smallest absolute Gasteiger partial charge is 0.319 e. The average molecular weight is 311 g/mol. The lowest BCUT2D eigenvalue weighted by molar-refractivity contribution is -0.114. The number of carbonyl (C=O) groups is 2. The van der Waals surface area contributed by atoms with E-state index in [9.17, 15) is 9.59 Å². The lowest BCUT2D eigenvalue weighted by Crippen LogP contribution is -2.30. The zero-order valence-electron chi connectivity index (χ0n) is 13.3. The molecule has 0 saturated carbocycles. The lowest BCUT2D eigenvalue weighted by Gasteiger charge is -2.09. The molecule has 0 spiro atoms. The molecule has 5 heteroatoms. The third-order valence-corrected chi connectivity index (χ3v) is 3.26. The topological polar surface area (TPSA) is 70.2 Å². The van der Waals surface area contributed by atoms with Gasteiger partial charge < -0.3 is 16.0 Å². The first kappa shape index (κ1) is 16.5. The van der Waals surface area contributed by atoms with E-state index in [0.717, 1.165) is 6.42 Å². The number of hydrogen-bond donors (Lipinski definition) is 3. The van der Waals surface area contributed by atoms with Gasteiger partial charge in [-0.2, -0.15) is 0 Å². The van der Waals surface area contributed by atoms with Crippen molar-refractivity contribution in [1.29, 1.82) is 0 Å². The minimum absolute atomic E-state index is 0.148. The number of amides is 3. The maximum Gasteiger partial charge on any atom is 0.319 e. The van der Waals surface area contributed by atoms with Crippen LogP contribution in [0.5, 0.6) is 0 Å². The second-order valence-electron chi connectivity index (χ2n) is 5.38. The van der Waals surface area contributed by atoms with Crippen molar-refractivity contribution in [2.24, 2.45) is 0 Å². The number of benzene rings is 2. The van der Waals surface area contributed by atoms with Crippen molar-refractivity contribution in [2.45, 2.75) is 20.3 Å². The Kier molecular flexibility index (Phi) is 5.74. The molecule has 2 rings (SSSR count). The molecule has 0 unspecified atom stereocenters. The first-order valence-corrected chi connectivity index (χ1v) is 7.51. The molecule has 0 aliphatic rings. The van der Waals surface area contributed by atoms with Gasteiger partial charge in [0.1, 0.15) is 0 Å². The fraction of sp³-hybridized carbons (Fsp3) is 0.222. The molecule has 0 fully saturated rings. The van der Waals surface area contributed by atoms with Crippen LogP contribution in [0.25, 0.3) is 0 Å². The third kappa shape index (κ3) is 5.82. The molecule has 0 saturated heterocycles. The molecule has 3 N–H and O–H groups in total. The SMILES string of the molecule is CC(=O)Nc1cccc(NC(=O)NCCc2ccc(C)cc2)c1. The summed E-state index contributed by atoms with van der Waals surface area (Å²) in [5, 5.41) is 8.24. The summed E-state index contributed by atoms with van der Waals surface area (Å²) in [5.74, 6) is -0.148. The number of urea groups is 1. The van der Waals surface area contributed by atoms with Crippen molar-refractivity contribution in [3.8, 4) is 0 Å². The summed E-state index contributed by atoms with van der Waals surface area (Å²) in [6.07, 6.45) is 0.777. The highest BCUT2D eigenvalue weighted by Gasteiger charge is 2.03. The Labute approximate surface area is 136 Å². The Morgan fingerprint density at radius 1 is 0.957 bits per heavy atom. The maximum atomic E-state index is 11.9. The zero-order chi connectivity index (χ0) is 16.7. The van der Waals surface area contributed by atoms with Gasteiger partial charge in [0.15, 0.2) is 0 Å². The number of hydrogen-bond acceptors (Lipinski definition) is 2. The van der Waals surface area contributed by atoms with E-state index < -0.39 is 0 Å². The molecule has 0 aliphatic carbocycles. The minimum atomic E-state index is -0.267. The molecule has 0 heterocycles. The Hall–Kier alpha value is -2.82. The molecular formula is C18H21N3O2. The molecular weight excluding hydrogens is 290 g/mol. The number of carbonyl (C=O) groups excluding carboxylic acids is 2. The van der Waals surface area contributed by atoms with Gasteiger partial charge in [-0.1, -0.05) is 35.9 Å². The van der Waals surface area contributed by atoms with Crippen molar-refractivity contribution >= 4 is 23.3 Å². The Morgan fingerprint density at radius 2 is 1.61 bits per heavy atom. The van der Waals surface area contributed by atoms with Crippen LogP contribution in [-0.2, 0) is 11.2 Å². The summed E-state index contributed by atoms with van der Waals surface area (Å²) in [5.41, 5.74) is 3.68. The normalized spacial score (nSPS) is 10.0. The fourth-order valence-corrected chi connectivity index (χ4v) is 2.13. The van der Waals surface area contributed by atoms with Crippen molar-refractivity contribution in [2.75, 3.05) is 17.2 Å². The van der Waals surface area contributed by atoms with Crippen LogP contribution in [0.1, 0.15) is 18.1 Å². The molecule has 2 aromatic carbocycles. The summed E-state index contributed by atoms with van der Waals surface area (Å²) >= 11 is 0. The largest absolute Gasteiger partial charge is 0.338 e. The predicted molar refractivity (Wildman–Crippen MR) is 92.7 cm³/mol. The summed E-state index contributed by atoms with van der Waals surface area (Å²) in [6, 6.07) is 15.0. The summed E-state index contributed by atoms with van der Waals surface area (Å²) in [6.45, 7) is 4.04. The second kappa shape index (κ2) is 7.98. The molecule has 0 bridgehead atoms. The monoisotopic (exact) mass is 311 g/mol. The molecule has 120 valence electrons. The quantitative estimate of drug-likeness (QED) is 0.793. The average Bonchev–Trinajstić information content (AvgIpc) is 2.49. The molecule has 0 aromatic heterocycles. The van der Waals surface area contributed by atoms with E-state index in [1.54, 1.807) is 24.3 Å². The van der Waals surface area contributed by atoms with Gasteiger partial charge in [-0.25, -0.2) is 4.79 Å².